The molecule has 1 N–H and O–H groups in total. The molecule has 0 amide bonds. The summed E-state index contributed by atoms with van der Waals surface area (Å²) < 4.78 is 5.02. The van der Waals surface area contributed by atoms with Gasteiger partial charge < -0.3 is 34.7 Å². The third kappa shape index (κ3) is 6.42. The van der Waals surface area contributed by atoms with E-state index in [-0.39, 0.29) is 57.6 Å². The summed E-state index contributed by atoms with van der Waals surface area (Å²) in [4.78, 5) is 0. The van der Waals surface area contributed by atoms with Crippen molar-refractivity contribution in [1.29, 1.82) is 0 Å². The first-order valence-corrected chi connectivity index (χ1v) is 7.47. The Balaban J connectivity index is 0.000000435. The van der Waals surface area contributed by atoms with E-state index >= 15 is 0 Å². The maximum absolute atomic E-state index is 8.34. The second-order valence-corrected chi connectivity index (χ2v) is 5.12. The van der Waals surface area contributed by atoms with Gasteiger partial charge in [-0.3, -0.25) is 0 Å². The normalized spacial score (nSPS) is 12.1. The van der Waals surface area contributed by atoms with Crippen LogP contribution < -0.4 is 24.8 Å². The molecular weight excluding hydrogens is 434 g/mol. The number of hydrogen-bond donors (Lipinski definition) is 1. The monoisotopic (exact) mass is 450 g/mol. The molecule has 128 valence electrons. The minimum absolute atomic E-state index is 0. The first-order valence-electron chi connectivity index (χ1n) is 7.47. The molecule has 0 spiro atoms. The van der Waals surface area contributed by atoms with Crippen LogP contribution in [0.1, 0.15) is 17.5 Å². The Kier molecular flexibility index (Phi) is 12.1. The average Bonchev–Trinajstić information content (AvgIpc) is 3.21. The van der Waals surface area contributed by atoms with Crippen molar-refractivity contribution in [2.24, 2.45) is 0 Å². The second kappa shape index (κ2) is 12.5. The van der Waals surface area contributed by atoms with Crippen LogP contribution in [0.5, 0.6) is 0 Å². The zero-order chi connectivity index (χ0) is 15.2. The summed E-state index contributed by atoms with van der Waals surface area (Å²) in [7, 11) is 0. The van der Waals surface area contributed by atoms with Crippen LogP contribution in [-0.2, 0) is 37.4 Å². The Labute approximate surface area is 180 Å². The number of benzene rings is 2. The molecule has 2 nitrogen and oxygen atoms in total. The van der Waals surface area contributed by atoms with E-state index in [2.05, 4.69) is 48.5 Å². The van der Waals surface area contributed by atoms with E-state index < -0.39 is 0 Å². The SMILES string of the molecule is OCCOC1=[C-]CC=C1.[Cl-].[Cl-].[Zr+4].[c-]1cccc2c1Cc1ccccc1-2. The topological polar surface area (TPSA) is 29.5 Å². The van der Waals surface area contributed by atoms with E-state index in [1.54, 1.807) is 0 Å². The molecule has 0 radical (unpaired) electrons. The van der Waals surface area contributed by atoms with E-state index in [1.165, 1.54) is 22.3 Å². The number of aliphatic hydroxyl groups excluding tert-OH is 1. The molecule has 2 aliphatic carbocycles. The van der Waals surface area contributed by atoms with Crippen LogP contribution in [0.4, 0.5) is 0 Å². The molecule has 0 bridgehead atoms. The van der Waals surface area contributed by atoms with Gasteiger partial charge in [-0.1, -0.05) is 41.2 Å². The second-order valence-electron chi connectivity index (χ2n) is 5.12. The molecule has 2 aromatic rings. The van der Waals surface area contributed by atoms with Gasteiger partial charge in [-0.2, -0.15) is 42.0 Å². The molecule has 0 unspecified atom stereocenters. The minimum Gasteiger partial charge on any atom is -1.00 e. The van der Waals surface area contributed by atoms with Crippen molar-refractivity contribution in [1.82, 2.24) is 0 Å². The van der Waals surface area contributed by atoms with Crippen LogP contribution in [0.15, 0.2) is 60.4 Å². The fraction of sp³-hybridized carbons (Fsp3) is 0.200. The van der Waals surface area contributed by atoms with E-state index in [0.29, 0.717) is 6.61 Å². The van der Waals surface area contributed by atoms with Crippen LogP contribution in [-0.4, -0.2) is 18.3 Å². The summed E-state index contributed by atoms with van der Waals surface area (Å²) in [5, 5.41) is 8.34. The summed E-state index contributed by atoms with van der Waals surface area (Å²) in [5.41, 5.74) is 5.51. The van der Waals surface area contributed by atoms with Gasteiger partial charge in [0.15, 0.2) is 0 Å². The number of ether oxygens (including phenoxy) is 1. The van der Waals surface area contributed by atoms with Gasteiger partial charge >= 0.3 is 26.2 Å². The van der Waals surface area contributed by atoms with Crippen molar-refractivity contribution in [3.05, 3.63) is 83.6 Å². The standard InChI is InChI=1S/C13H9.C7H9O2.2ClH.Zr/c1-3-7-12-10(5-1)9-11-6-2-4-8-13(11)12;8-5-6-9-7-3-1-2-4-7;;;/h1-5,7-8H,9H2;1,3,8H,2,5-6H2;2*1H;/q2*-1;;;+4/p-2. The van der Waals surface area contributed by atoms with Crippen molar-refractivity contribution in [2.75, 3.05) is 13.2 Å². The molecule has 2 aliphatic rings. The van der Waals surface area contributed by atoms with Crippen molar-refractivity contribution in [3.63, 3.8) is 0 Å². The Bertz CT molecular complexity index is 671. The van der Waals surface area contributed by atoms with Crippen molar-refractivity contribution < 1.29 is 60.9 Å². The summed E-state index contributed by atoms with van der Waals surface area (Å²) in [6.45, 7) is 0.436. The van der Waals surface area contributed by atoms with Crippen molar-refractivity contribution >= 4 is 0 Å². The number of rotatable bonds is 3. The van der Waals surface area contributed by atoms with Gasteiger partial charge in [0.25, 0.3) is 0 Å². The van der Waals surface area contributed by atoms with Crippen LogP contribution in [0.2, 0.25) is 0 Å². The molecule has 0 atom stereocenters. The molecule has 25 heavy (non-hydrogen) atoms. The van der Waals surface area contributed by atoms with E-state index in [9.17, 15) is 0 Å². The Morgan fingerprint density at radius 2 is 1.80 bits per heavy atom. The zero-order valence-electron chi connectivity index (χ0n) is 13.6. The molecule has 0 saturated carbocycles. The van der Waals surface area contributed by atoms with Crippen LogP contribution in [0.25, 0.3) is 11.1 Å². The largest absolute Gasteiger partial charge is 4.00 e. The van der Waals surface area contributed by atoms with Gasteiger partial charge in [-0.05, 0) is 6.42 Å². The number of hydrogen-bond acceptors (Lipinski definition) is 2. The fourth-order valence-corrected chi connectivity index (χ4v) is 2.64. The zero-order valence-corrected chi connectivity index (χ0v) is 17.6. The third-order valence-electron chi connectivity index (χ3n) is 3.63. The van der Waals surface area contributed by atoms with E-state index in [0.717, 1.165) is 18.6 Å². The van der Waals surface area contributed by atoms with Crippen molar-refractivity contribution in [2.45, 2.75) is 12.8 Å². The number of halogens is 2. The first-order chi connectivity index (χ1) is 10.9. The predicted octanol–water partition coefficient (Wildman–Crippen LogP) is -2.29. The Morgan fingerprint density at radius 3 is 2.52 bits per heavy atom. The average molecular weight is 452 g/mol. The predicted molar refractivity (Wildman–Crippen MR) is 87.1 cm³/mol. The molecular formula is C20H18Cl2O2Zr. The maximum Gasteiger partial charge on any atom is 4.00 e. The fourth-order valence-electron chi connectivity index (χ4n) is 2.64. The molecule has 0 aromatic heterocycles. The number of fused-ring (bicyclic) bond motifs is 3. The molecule has 0 aliphatic heterocycles. The Hall–Kier alpha value is -0.857. The van der Waals surface area contributed by atoms with Gasteiger partial charge in [0.1, 0.15) is 6.61 Å². The molecule has 4 rings (SSSR count). The molecule has 0 heterocycles. The van der Waals surface area contributed by atoms with Gasteiger partial charge in [-0.15, -0.1) is 12.0 Å². The van der Waals surface area contributed by atoms with E-state index in [1.807, 2.05) is 18.2 Å². The Morgan fingerprint density at radius 1 is 1.04 bits per heavy atom. The van der Waals surface area contributed by atoms with Gasteiger partial charge in [0, 0.05) is 0 Å². The van der Waals surface area contributed by atoms with Gasteiger partial charge in [-0.25, -0.2) is 6.08 Å². The maximum atomic E-state index is 8.34. The number of allylic oxidation sites excluding steroid dienone is 3. The summed E-state index contributed by atoms with van der Waals surface area (Å²) >= 11 is 0. The van der Waals surface area contributed by atoms with Gasteiger partial charge in [0.05, 0.1) is 6.61 Å². The third-order valence-corrected chi connectivity index (χ3v) is 3.63. The molecule has 0 fully saturated rings. The minimum atomic E-state index is 0. The summed E-state index contributed by atoms with van der Waals surface area (Å²) in [6.07, 6.45) is 8.67. The van der Waals surface area contributed by atoms with Crippen LogP contribution >= 0.6 is 0 Å². The van der Waals surface area contributed by atoms with Crippen molar-refractivity contribution in [3.8, 4) is 11.1 Å². The summed E-state index contributed by atoms with van der Waals surface area (Å²) in [6, 6.07) is 18.1. The van der Waals surface area contributed by atoms with Crippen LogP contribution in [0, 0.1) is 12.1 Å². The first kappa shape index (κ1) is 24.1. The quantitative estimate of drug-likeness (QED) is 0.454. The molecule has 2 aromatic carbocycles. The van der Waals surface area contributed by atoms with Crippen LogP contribution in [0.3, 0.4) is 0 Å². The molecule has 5 heteroatoms. The smallest absolute Gasteiger partial charge is 1.00 e. The summed E-state index contributed by atoms with van der Waals surface area (Å²) in [5.74, 6) is 0.754. The number of aliphatic hydroxyl groups is 1. The van der Waals surface area contributed by atoms with E-state index in [4.69, 9.17) is 9.84 Å². The van der Waals surface area contributed by atoms with Gasteiger partial charge in [0.2, 0.25) is 0 Å². The molecule has 0 saturated heterocycles.